The Labute approximate surface area is 120 Å². The van der Waals surface area contributed by atoms with Crippen molar-refractivity contribution in [3.05, 3.63) is 29.8 Å². The van der Waals surface area contributed by atoms with Gasteiger partial charge in [-0.2, -0.15) is 9.98 Å². The Bertz CT molecular complexity index is 594. The van der Waals surface area contributed by atoms with Crippen molar-refractivity contribution in [2.24, 2.45) is 0 Å². The van der Waals surface area contributed by atoms with Gasteiger partial charge in [-0.3, -0.25) is 0 Å². The second kappa shape index (κ2) is 5.94. The second-order valence-corrected chi connectivity index (χ2v) is 7.08. The molecule has 0 spiro atoms. The molecule has 1 N–H and O–H groups in total. The fourth-order valence-corrected chi connectivity index (χ4v) is 4.03. The minimum Gasteiger partial charge on any atom is -0.207 e. The molecule has 108 valence electrons. The molecule has 0 aromatic heterocycles. The van der Waals surface area contributed by atoms with Crippen LogP contribution in [0, 0.1) is 11.3 Å². The van der Waals surface area contributed by atoms with Crippen LogP contribution in [0.15, 0.2) is 29.2 Å². The monoisotopic (exact) mass is 292 g/mol. The SMILES string of the molecule is CCCc1ccc(S(=O)(=O)NC2(C#N)CCCC2)cc1. The molecule has 1 aliphatic rings. The van der Waals surface area contributed by atoms with E-state index in [0.29, 0.717) is 12.8 Å². The van der Waals surface area contributed by atoms with E-state index in [1.807, 2.05) is 12.1 Å². The maximum atomic E-state index is 12.4. The van der Waals surface area contributed by atoms with Gasteiger partial charge in [-0.05, 0) is 37.0 Å². The van der Waals surface area contributed by atoms with Crippen LogP contribution in [0.1, 0.15) is 44.6 Å². The minimum atomic E-state index is -3.62. The van der Waals surface area contributed by atoms with Crippen molar-refractivity contribution < 1.29 is 8.42 Å². The van der Waals surface area contributed by atoms with Gasteiger partial charge in [0.05, 0.1) is 11.0 Å². The molecule has 20 heavy (non-hydrogen) atoms. The van der Waals surface area contributed by atoms with Crippen LogP contribution in [0.2, 0.25) is 0 Å². The molecule has 1 aromatic carbocycles. The van der Waals surface area contributed by atoms with Crippen LogP contribution in [0.4, 0.5) is 0 Å². The summed E-state index contributed by atoms with van der Waals surface area (Å²) in [6.07, 6.45) is 4.95. The molecule has 0 heterocycles. The standard InChI is InChI=1S/C15H20N2O2S/c1-2-5-13-6-8-14(9-7-13)20(18,19)17-15(12-16)10-3-4-11-15/h6-9,17H,2-5,10-11H2,1H3. The van der Waals surface area contributed by atoms with E-state index < -0.39 is 15.6 Å². The van der Waals surface area contributed by atoms with Gasteiger partial charge in [0, 0.05) is 0 Å². The second-order valence-electron chi connectivity index (χ2n) is 5.40. The van der Waals surface area contributed by atoms with Gasteiger partial charge in [-0.15, -0.1) is 0 Å². The van der Waals surface area contributed by atoms with Crippen LogP contribution in [0.25, 0.3) is 0 Å². The van der Waals surface area contributed by atoms with Crippen molar-refractivity contribution in [1.82, 2.24) is 4.72 Å². The van der Waals surface area contributed by atoms with Crippen LogP contribution >= 0.6 is 0 Å². The van der Waals surface area contributed by atoms with E-state index in [1.54, 1.807) is 12.1 Å². The first-order chi connectivity index (χ1) is 9.51. The molecular weight excluding hydrogens is 272 g/mol. The molecule has 1 aromatic rings. The predicted octanol–water partition coefficient (Wildman–Crippen LogP) is 2.75. The molecule has 0 unspecified atom stereocenters. The summed E-state index contributed by atoms with van der Waals surface area (Å²) in [5, 5.41) is 9.26. The highest BCUT2D eigenvalue weighted by Gasteiger charge is 2.38. The van der Waals surface area contributed by atoms with Crippen molar-refractivity contribution >= 4 is 10.0 Å². The number of nitrogens with zero attached hydrogens (tertiary/aromatic N) is 1. The van der Waals surface area contributed by atoms with Crippen LogP contribution in [0.3, 0.4) is 0 Å². The van der Waals surface area contributed by atoms with E-state index in [4.69, 9.17) is 0 Å². The zero-order valence-corrected chi connectivity index (χ0v) is 12.5. The lowest BCUT2D eigenvalue weighted by atomic mass is 10.0. The van der Waals surface area contributed by atoms with Gasteiger partial charge in [0.15, 0.2) is 0 Å². The first kappa shape index (κ1) is 15.0. The summed E-state index contributed by atoms with van der Waals surface area (Å²) in [4.78, 5) is 0.235. The number of nitriles is 1. The molecule has 0 amide bonds. The molecule has 0 saturated heterocycles. The number of hydrogen-bond acceptors (Lipinski definition) is 3. The zero-order valence-electron chi connectivity index (χ0n) is 11.7. The molecule has 0 bridgehead atoms. The Morgan fingerprint density at radius 2 is 1.85 bits per heavy atom. The molecule has 4 nitrogen and oxygen atoms in total. The molecule has 0 aliphatic heterocycles. The van der Waals surface area contributed by atoms with Crippen LogP contribution in [0.5, 0.6) is 0 Å². The lowest BCUT2D eigenvalue weighted by Crippen LogP contribution is -2.44. The first-order valence-electron chi connectivity index (χ1n) is 7.05. The zero-order chi connectivity index (χ0) is 14.6. The van der Waals surface area contributed by atoms with Gasteiger partial charge >= 0.3 is 0 Å². The summed E-state index contributed by atoms with van der Waals surface area (Å²) >= 11 is 0. The third kappa shape index (κ3) is 3.20. The lowest BCUT2D eigenvalue weighted by molar-refractivity contribution is 0.485. The van der Waals surface area contributed by atoms with Crippen LogP contribution in [-0.2, 0) is 16.4 Å². The first-order valence-corrected chi connectivity index (χ1v) is 8.54. The summed E-state index contributed by atoms with van der Waals surface area (Å²) in [5.41, 5.74) is 0.211. The normalized spacial score (nSPS) is 17.8. The van der Waals surface area contributed by atoms with E-state index in [9.17, 15) is 13.7 Å². The highest BCUT2D eigenvalue weighted by Crippen LogP contribution is 2.30. The third-order valence-corrected chi connectivity index (χ3v) is 5.33. The van der Waals surface area contributed by atoms with Gasteiger partial charge in [-0.1, -0.05) is 38.3 Å². The average molecular weight is 292 g/mol. The summed E-state index contributed by atoms with van der Waals surface area (Å²) in [5.74, 6) is 0. The highest BCUT2D eigenvalue weighted by molar-refractivity contribution is 7.89. The van der Waals surface area contributed by atoms with E-state index in [2.05, 4.69) is 17.7 Å². The maximum absolute atomic E-state index is 12.4. The highest BCUT2D eigenvalue weighted by atomic mass is 32.2. The largest absolute Gasteiger partial charge is 0.241 e. The van der Waals surface area contributed by atoms with Crippen LogP contribution in [-0.4, -0.2) is 14.0 Å². The lowest BCUT2D eigenvalue weighted by Gasteiger charge is -2.21. The van der Waals surface area contributed by atoms with E-state index in [-0.39, 0.29) is 4.90 Å². The average Bonchev–Trinajstić information content (AvgIpc) is 2.88. The number of rotatable bonds is 5. The molecular formula is C15H20N2O2S. The van der Waals surface area contributed by atoms with Crippen molar-refractivity contribution in [3.63, 3.8) is 0 Å². The predicted molar refractivity (Wildman–Crippen MR) is 77.6 cm³/mol. The Morgan fingerprint density at radius 3 is 2.35 bits per heavy atom. The fourth-order valence-electron chi connectivity index (χ4n) is 2.66. The van der Waals surface area contributed by atoms with Crippen molar-refractivity contribution in [2.75, 3.05) is 0 Å². The van der Waals surface area contributed by atoms with Gasteiger partial charge in [0.1, 0.15) is 5.54 Å². The number of benzene rings is 1. The summed E-state index contributed by atoms with van der Waals surface area (Å²) < 4.78 is 27.3. The number of sulfonamides is 1. The molecule has 2 rings (SSSR count). The van der Waals surface area contributed by atoms with Crippen LogP contribution < -0.4 is 4.72 Å². The van der Waals surface area contributed by atoms with Gasteiger partial charge in [0.25, 0.3) is 0 Å². The maximum Gasteiger partial charge on any atom is 0.241 e. The minimum absolute atomic E-state index is 0.235. The molecule has 1 saturated carbocycles. The van der Waals surface area contributed by atoms with Crippen molar-refractivity contribution in [2.45, 2.75) is 55.9 Å². The molecule has 1 fully saturated rings. The molecule has 1 aliphatic carbocycles. The Morgan fingerprint density at radius 1 is 1.25 bits per heavy atom. The number of hydrogen-bond donors (Lipinski definition) is 1. The summed E-state index contributed by atoms with van der Waals surface area (Å²) in [7, 11) is -3.62. The van der Waals surface area contributed by atoms with E-state index in [0.717, 1.165) is 31.2 Å². The van der Waals surface area contributed by atoms with Gasteiger partial charge in [-0.25, -0.2) is 8.42 Å². The Balaban J connectivity index is 2.20. The third-order valence-electron chi connectivity index (χ3n) is 3.77. The summed E-state index contributed by atoms with van der Waals surface area (Å²) in [6.45, 7) is 2.09. The van der Waals surface area contributed by atoms with Gasteiger partial charge < -0.3 is 0 Å². The summed E-state index contributed by atoms with van der Waals surface area (Å²) in [6, 6.07) is 9.06. The molecule has 5 heteroatoms. The number of nitrogens with one attached hydrogen (secondary N) is 1. The van der Waals surface area contributed by atoms with E-state index >= 15 is 0 Å². The molecule has 0 radical (unpaired) electrons. The quantitative estimate of drug-likeness (QED) is 0.907. The van der Waals surface area contributed by atoms with Crippen molar-refractivity contribution in [1.29, 1.82) is 5.26 Å². The molecule has 0 atom stereocenters. The number of aryl methyl sites for hydroxylation is 1. The van der Waals surface area contributed by atoms with Crippen molar-refractivity contribution in [3.8, 4) is 6.07 Å². The fraction of sp³-hybridized carbons (Fsp3) is 0.533. The smallest absolute Gasteiger partial charge is 0.207 e. The Hall–Kier alpha value is -1.38. The van der Waals surface area contributed by atoms with Gasteiger partial charge in [0.2, 0.25) is 10.0 Å². The Kier molecular flexibility index (Phi) is 4.46. The van der Waals surface area contributed by atoms with E-state index in [1.165, 1.54) is 0 Å². The topological polar surface area (TPSA) is 70.0 Å².